The summed E-state index contributed by atoms with van der Waals surface area (Å²) in [6, 6.07) is 1.79. The van der Waals surface area contributed by atoms with Crippen molar-refractivity contribution >= 4 is 11.6 Å². The van der Waals surface area contributed by atoms with E-state index in [4.69, 9.17) is 10.5 Å². The van der Waals surface area contributed by atoms with E-state index in [9.17, 15) is 0 Å². The Labute approximate surface area is 115 Å². The number of rotatable bonds is 6. The molecule has 0 radical (unpaired) electrons. The largest absolute Gasteiger partial charge is 0.384 e. The van der Waals surface area contributed by atoms with Crippen LogP contribution in [0.15, 0.2) is 6.07 Å². The summed E-state index contributed by atoms with van der Waals surface area (Å²) in [5.41, 5.74) is 5.80. The van der Waals surface area contributed by atoms with Gasteiger partial charge in [-0.25, -0.2) is 9.97 Å². The number of aromatic nitrogens is 2. The van der Waals surface area contributed by atoms with Crippen molar-refractivity contribution in [2.24, 2.45) is 11.8 Å². The predicted molar refractivity (Wildman–Crippen MR) is 76.8 cm³/mol. The highest BCUT2D eigenvalue weighted by Gasteiger charge is 2.22. The molecule has 3 N–H and O–H groups in total. The van der Waals surface area contributed by atoms with E-state index in [1.807, 2.05) is 6.92 Å². The maximum atomic E-state index is 5.80. The minimum absolute atomic E-state index is 0.413. The van der Waals surface area contributed by atoms with Crippen molar-refractivity contribution in [1.29, 1.82) is 0 Å². The van der Waals surface area contributed by atoms with Crippen LogP contribution in [-0.2, 0) is 11.3 Å². The molecule has 1 aromatic heterocycles. The zero-order valence-corrected chi connectivity index (χ0v) is 11.9. The van der Waals surface area contributed by atoms with E-state index in [1.54, 1.807) is 6.07 Å². The molecule has 0 bridgehead atoms. The second kappa shape index (κ2) is 6.70. The van der Waals surface area contributed by atoms with Crippen molar-refractivity contribution in [2.75, 3.05) is 24.2 Å². The molecule has 1 saturated carbocycles. The molecule has 5 nitrogen and oxygen atoms in total. The molecule has 0 aliphatic heterocycles. The third-order valence-electron chi connectivity index (χ3n) is 3.81. The van der Waals surface area contributed by atoms with Gasteiger partial charge in [-0.3, -0.25) is 0 Å². The van der Waals surface area contributed by atoms with E-state index < -0.39 is 0 Å². The Hall–Kier alpha value is -1.36. The van der Waals surface area contributed by atoms with Gasteiger partial charge in [0.2, 0.25) is 0 Å². The van der Waals surface area contributed by atoms with Gasteiger partial charge in [0.15, 0.2) is 5.82 Å². The number of nitrogens with two attached hydrogens (primary N) is 1. The minimum atomic E-state index is 0.413. The molecule has 0 aromatic carbocycles. The highest BCUT2D eigenvalue weighted by molar-refractivity contribution is 5.44. The van der Waals surface area contributed by atoms with E-state index in [0.717, 1.165) is 24.2 Å². The summed E-state index contributed by atoms with van der Waals surface area (Å²) in [5.74, 6) is 3.48. The molecule has 0 spiro atoms. The van der Waals surface area contributed by atoms with Crippen LogP contribution in [0.3, 0.4) is 0 Å². The average Bonchev–Trinajstić information content (AvgIpc) is 2.79. The van der Waals surface area contributed by atoms with E-state index in [2.05, 4.69) is 22.2 Å². The van der Waals surface area contributed by atoms with Crippen LogP contribution in [0.1, 0.15) is 38.9 Å². The molecular weight excluding hydrogens is 240 g/mol. The lowest BCUT2D eigenvalue weighted by Gasteiger charge is -2.16. The summed E-state index contributed by atoms with van der Waals surface area (Å²) in [4.78, 5) is 8.60. The smallest absolute Gasteiger partial charge is 0.158 e. The van der Waals surface area contributed by atoms with Gasteiger partial charge < -0.3 is 15.8 Å². The van der Waals surface area contributed by atoms with E-state index in [-0.39, 0.29) is 0 Å². The van der Waals surface area contributed by atoms with Crippen LogP contribution in [-0.4, -0.2) is 23.1 Å². The lowest BCUT2D eigenvalue weighted by Crippen LogP contribution is -2.17. The van der Waals surface area contributed by atoms with Crippen molar-refractivity contribution in [3.63, 3.8) is 0 Å². The van der Waals surface area contributed by atoms with Crippen molar-refractivity contribution in [1.82, 2.24) is 9.97 Å². The fourth-order valence-electron chi connectivity index (χ4n) is 2.63. The minimum Gasteiger partial charge on any atom is -0.384 e. The molecule has 106 valence electrons. The Morgan fingerprint density at radius 2 is 2.26 bits per heavy atom. The zero-order chi connectivity index (χ0) is 13.7. The van der Waals surface area contributed by atoms with Crippen molar-refractivity contribution in [2.45, 2.75) is 39.7 Å². The van der Waals surface area contributed by atoms with E-state index in [0.29, 0.717) is 24.9 Å². The fraction of sp³-hybridized carbons (Fsp3) is 0.714. The normalized spacial score (nSPS) is 22.6. The van der Waals surface area contributed by atoms with Crippen LogP contribution in [0.25, 0.3) is 0 Å². The number of hydrogen-bond donors (Lipinski definition) is 2. The Bertz CT molecular complexity index is 410. The van der Waals surface area contributed by atoms with E-state index in [1.165, 1.54) is 19.3 Å². The van der Waals surface area contributed by atoms with Gasteiger partial charge in [-0.15, -0.1) is 0 Å². The molecule has 1 aliphatic rings. The molecular formula is C14H24N4O. The quantitative estimate of drug-likeness (QED) is 0.825. The maximum absolute atomic E-state index is 5.80. The highest BCUT2D eigenvalue weighted by Crippen LogP contribution is 2.31. The lowest BCUT2D eigenvalue weighted by atomic mass is 9.98. The second-order valence-corrected chi connectivity index (χ2v) is 5.28. The van der Waals surface area contributed by atoms with Gasteiger partial charge in [0.25, 0.3) is 0 Å². The maximum Gasteiger partial charge on any atom is 0.158 e. The Balaban J connectivity index is 1.93. The van der Waals surface area contributed by atoms with Crippen LogP contribution in [0.2, 0.25) is 0 Å². The summed E-state index contributed by atoms with van der Waals surface area (Å²) in [6.45, 7) is 6.31. The van der Waals surface area contributed by atoms with Crippen LogP contribution >= 0.6 is 0 Å². The van der Waals surface area contributed by atoms with Gasteiger partial charge in [0.1, 0.15) is 18.2 Å². The summed E-state index contributed by atoms with van der Waals surface area (Å²) in [5, 5.41) is 3.39. The molecule has 2 rings (SSSR count). The average molecular weight is 264 g/mol. The monoisotopic (exact) mass is 264 g/mol. The summed E-state index contributed by atoms with van der Waals surface area (Å²) in [6.07, 6.45) is 3.99. The predicted octanol–water partition coefficient (Wildman–Crippen LogP) is 2.44. The molecule has 19 heavy (non-hydrogen) atoms. The molecule has 1 aromatic rings. The van der Waals surface area contributed by atoms with Gasteiger partial charge in [-0.05, 0) is 25.2 Å². The number of nitrogens with one attached hydrogen (secondary N) is 1. The Kier molecular flexibility index (Phi) is 4.96. The van der Waals surface area contributed by atoms with E-state index >= 15 is 0 Å². The molecule has 0 amide bonds. The molecule has 1 fully saturated rings. The standard InChI is InChI=1S/C14H24N4O/c1-3-19-9-14-17-12(15)7-13(18-14)16-8-11-6-4-5-10(11)2/h7,10-11H,3-6,8-9H2,1-2H3,(H3,15,16,17,18). The van der Waals surface area contributed by atoms with Gasteiger partial charge in [-0.2, -0.15) is 0 Å². The van der Waals surface area contributed by atoms with Crippen LogP contribution in [0.5, 0.6) is 0 Å². The molecule has 0 saturated heterocycles. The first-order valence-electron chi connectivity index (χ1n) is 7.14. The second-order valence-electron chi connectivity index (χ2n) is 5.28. The fourth-order valence-corrected chi connectivity index (χ4v) is 2.63. The topological polar surface area (TPSA) is 73.1 Å². The summed E-state index contributed by atoms with van der Waals surface area (Å²) in [7, 11) is 0. The Morgan fingerprint density at radius 1 is 1.42 bits per heavy atom. The first kappa shape index (κ1) is 14.1. The number of hydrogen-bond acceptors (Lipinski definition) is 5. The molecule has 5 heteroatoms. The number of anilines is 2. The SMILES string of the molecule is CCOCc1nc(N)cc(NCC2CCCC2C)n1. The van der Waals surface area contributed by atoms with Gasteiger partial charge in [0.05, 0.1) is 0 Å². The summed E-state index contributed by atoms with van der Waals surface area (Å²) < 4.78 is 5.32. The van der Waals surface area contributed by atoms with Gasteiger partial charge in [0, 0.05) is 19.2 Å². The van der Waals surface area contributed by atoms with Crippen LogP contribution in [0, 0.1) is 11.8 Å². The van der Waals surface area contributed by atoms with Crippen LogP contribution < -0.4 is 11.1 Å². The van der Waals surface area contributed by atoms with Crippen molar-refractivity contribution in [3.05, 3.63) is 11.9 Å². The van der Waals surface area contributed by atoms with Crippen molar-refractivity contribution in [3.8, 4) is 0 Å². The lowest BCUT2D eigenvalue weighted by molar-refractivity contribution is 0.128. The summed E-state index contributed by atoms with van der Waals surface area (Å²) >= 11 is 0. The number of ether oxygens (including phenoxy) is 1. The molecule has 2 unspecified atom stereocenters. The van der Waals surface area contributed by atoms with Crippen molar-refractivity contribution < 1.29 is 4.74 Å². The van der Waals surface area contributed by atoms with Gasteiger partial charge >= 0.3 is 0 Å². The molecule has 1 heterocycles. The first-order valence-corrected chi connectivity index (χ1v) is 7.14. The first-order chi connectivity index (χ1) is 9.19. The Morgan fingerprint density at radius 3 is 2.95 bits per heavy atom. The number of nitrogen functional groups attached to an aromatic ring is 1. The highest BCUT2D eigenvalue weighted by atomic mass is 16.5. The molecule has 1 aliphatic carbocycles. The zero-order valence-electron chi connectivity index (χ0n) is 11.9. The number of nitrogens with zero attached hydrogens (tertiary/aromatic N) is 2. The third-order valence-corrected chi connectivity index (χ3v) is 3.81. The van der Waals surface area contributed by atoms with Crippen LogP contribution in [0.4, 0.5) is 11.6 Å². The third kappa shape index (κ3) is 4.06. The van der Waals surface area contributed by atoms with Gasteiger partial charge in [-0.1, -0.05) is 19.8 Å². The molecule has 2 atom stereocenters.